The van der Waals surface area contributed by atoms with E-state index < -0.39 is 23.4 Å². The molecule has 0 radical (unpaired) electrons. The fourth-order valence-corrected chi connectivity index (χ4v) is 6.24. The number of nitrogens with zero attached hydrogens (tertiary/aromatic N) is 1. The first-order valence-corrected chi connectivity index (χ1v) is 11.3. The van der Waals surface area contributed by atoms with Gasteiger partial charge in [-0.3, -0.25) is 14.4 Å². The van der Waals surface area contributed by atoms with Crippen LogP contribution in [0.5, 0.6) is 0 Å². The van der Waals surface area contributed by atoms with Crippen molar-refractivity contribution in [2.45, 2.75) is 24.9 Å². The minimum Gasteiger partial charge on any atom is -0.352 e. The van der Waals surface area contributed by atoms with Gasteiger partial charge < -0.3 is 4.90 Å². The zero-order chi connectivity index (χ0) is 22.9. The summed E-state index contributed by atoms with van der Waals surface area (Å²) in [4.78, 5) is 43.7. The molecule has 0 bridgehead atoms. The van der Waals surface area contributed by atoms with Gasteiger partial charge in [0.1, 0.15) is 5.41 Å². The molecular weight excluding hydrogens is 434 g/mol. The van der Waals surface area contributed by atoms with Crippen molar-refractivity contribution in [3.05, 3.63) is 106 Å². The second kappa shape index (κ2) is 7.00. The molecule has 1 saturated heterocycles. The third-order valence-corrected chi connectivity index (χ3v) is 7.61. The molecule has 1 fully saturated rings. The summed E-state index contributed by atoms with van der Waals surface area (Å²) in [6.07, 6.45) is 3.89. The third kappa shape index (κ3) is 2.50. The molecule has 1 spiro atoms. The summed E-state index contributed by atoms with van der Waals surface area (Å²) in [5.41, 5.74) is 2.00. The van der Waals surface area contributed by atoms with Crippen molar-refractivity contribution in [3.8, 4) is 0 Å². The highest BCUT2D eigenvalue weighted by Crippen LogP contribution is 2.60. The Balaban J connectivity index is 1.68. The molecule has 2 heterocycles. The zero-order valence-corrected chi connectivity index (χ0v) is 18.6. The maximum Gasteiger partial charge on any atom is 0.180 e. The largest absolute Gasteiger partial charge is 0.352 e. The van der Waals surface area contributed by atoms with E-state index in [0.29, 0.717) is 16.1 Å². The first-order chi connectivity index (χ1) is 16.0. The number of benzene rings is 3. The van der Waals surface area contributed by atoms with Crippen molar-refractivity contribution in [3.63, 3.8) is 0 Å². The Hall–Kier alpha value is -3.50. The quantitative estimate of drug-likeness (QED) is 0.490. The highest BCUT2D eigenvalue weighted by atomic mass is 35.5. The third-order valence-electron chi connectivity index (χ3n) is 7.36. The summed E-state index contributed by atoms with van der Waals surface area (Å²) >= 11 is 6.17. The predicted molar refractivity (Wildman–Crippen MR) is 128 cm³/mol. The van der Waals surface area contributed by atoms with Crippen LogP contribution in [0.3, 0.4) is 0 Å². The van der Waals surface area contributed by atoms with Gasteiger partial charge in [0.15, 0.2) is 17.3 Å². The van der Waals surface area contributed by atoms with E-state index in [-0.39, 0.29) is 17.3 Å². The number of carbonyl (C=O) groups is 3. The number of ketones is 3. The van der Waals surface area contributed by atoms with E-state index in [1.54, 1.807) is 43.3 Å². The molecular formula is C28H20ClNO3. The predicted octanol–water partition coefficient (Wildman–Crippen LogP) is 5.36. The van der Waals surface area contributed by atoms with E-state index in [4.69, 9.17) is 11.6 Å². The van der Waals surface area contributed by atoms with Crippen LogP contribution in [0.1, 0.15) is 44.7 Å². The van der Waals surface area contributed by atoms with Crippen molar-refractivity contribution < 1.29 is 14.4 Å². The van der Waals surface area contributed by atoms with E-state index in [2.05, 4.69) is 0 Å². The van der Waals surface area contributed by atoms with Crippen LogP contribution in [-0.4, -0.2) is 29.4 Å². The SMILES string of the molecule is CC(=O)[C@H]1[C@H](c2ccc(Cl)cc2)C2(C(=O)c3ccccc3C2=O)[C@@H]2C=Cc3ccccc3N21. The van der Waals surface area contributed by atoms with Crippen molar-refractivity contribution >= 4 is 40.7 Å². The molecule has 4 nitrogen and oxygen atoms in total. The van der Waals surface area contributed by atoms with Gasteiger partial charge in [0.2, 0.25) is 0 Å². The molecule has 33 heavy (non-hydrogen) atoms. The first-order valence-electron chi connectivity index (χ1n) is 11.0. The monoisotopic (exact) mass is 453 g/mol. The molecule has 5 heteroatoms. The van der Waals surface area contributed by atoms with Crippen LogP contribution in [0.4, 0.5) is 5.69 Å². The van der Waals surface area contributed by atoms with Gasteiger partial charge >= 0.3 is 0 Å². The van der Waals surface area contributed by atoms with E-state index in [1.807, 2.05) is 53.5 Å². The summed E-state index contributed by atoms with van der Waals surface area (Å²) in [5.74, 6) is -1.17. The van der Waals surface area contributed by atoms with E-state index in [9.17, 15) is 14.4 Å². The summed E-state index contributed by atoms with van der Waals surface area (Å²) in [7, 11) is 0. The number of carbonyl (C=O) groups excluding carboxylic acids is 3. The van der Waals surface area contributed by atoms with Gasteiger partial charge in [0, 0.05) is 27.8 Å². The molecule has 6 rings (SSSR count). The molecule has 2 aliphatic heterocycles. The molecule has 3 aromatic rings. The summed E-state index contributed by atoms with van der Waals surface area (Å²) < 4.78 is 0. The number of Topliss-reactive ketones (excluding diaryl/α,β-unsaturated/α-hetero) is 3. The highest BCUT2D eigenvalue weighted by molar-refractivity contribution is 6.32. The van der Waals surface area contributed by atoms with Crippen molar-refractivity contribution in [2.75, 3.05) is 4.90 Å². The minimum absolute atomic E-state index is 0.0847. The summed E-state index contributed by atoms with van der Waals surface area (Å²) in [6.45, 7) is 1.54. The second-order valence-electron chi connectivity index (χ2n) is 8.93. The smallest absolute Gasteiger partial charge is 0.180 e. The van der Waals surface area contributed by atoms with Crippen molar-refractivity contribution in [2.24, 2.45) is 5.41 Å². The van der Waals surface area contributed by atoms with Gasteiger partial charge in [-0.15, -0.1) is 0 Å². The first kappa shape index (κ1) is 20.1. The fraction of sp³-hybridized carbons (Fsp3) is 0.179. The van der Waals surface area contributed by atoms with Gasteiger partial charge in [-0.2, -0.15) is 0 Å². The molecule has 162 valence electrons. The molecule has 0 saturated carbocycles. The number of halogens is 1. The average molecular weight is 454 g/mol. The van der Waals surface area contributed by atoms with E-state index in [0.717, 1.165) is 16.8 Å². The van der Waals surface area contributed by atoms with Crippen LogP contribution in [0.25, 0.3) is 6.08 Å². The standard InChI is InChI=1S/C28H20ClNO3/c1-16(31)25-24(18-10-13-19(29)14-11-18)28(26(32)20-7-3-4-8-21(20)27(28)33)23-15-12-17-6-2-5-9-22(17)30(23)25/h2-15,23-25H,1H3/t23-,24-,25-/m0/s1. The maximum absolute atomic E-state index is 14.2. The highest BCUT2D eigenvalue weighted by Gasteiger charge is 2.71. The van der Waals surface area contributed by atoms with Crippen molar-refractivity contribution in [1.82, 2.24) is 0 Å². The van der Waals surface area contributed by atoms with Crippen LogP contribution in [-0.2, 0) is 4.79 Å². The Bertz CT molecular complexity index is 1340. The Morgan fingerprint density at radius 2 is 1.48 bits per heavy atom. The minimum atomic E-state index is -1.43. The van der Waals surface area contributed by atoms with Gasteiger partial charge in [-0.25, -0.2) is 0 Å². The fourth-order valence-electron chi connectivity index (χ4n) is 6.11. The molecule has 3 atom stereocenters. The maximum atomic E-state index is 14.2. The molecule has 3 aliphatic rings. The number of para-hydroxylation sites is 1. The number of rotatable bonds is 2. The topological polar surface area (TPSA) is 54.5 Å². The average Bonchev–Trinajstić information content (AvgIpc) is 3.27. The van der Waals surface area contributed by atoms with Crippen LogP contribution in [0, 0.1) is 5.41 Å². The van der Waals surface area contributed by atoms with Crippen molar-refractivity contribution in [1.29, 1.82) is 0 Å². The number of fused-ring (bicyclic) bond motifs is 5. The Morgan fingerprint density at radius 3 is 2.12 bits per heavy atom. The lowest BCUT2D eigenvalue weighted by molar-refractivity contribution is -0.118. The van der Waals surface area contributed by atoms with Crippen LogP contribution < -0.4 is 4.90 Å². The Kier molecular flexibility index (Phi) is 4.27. The molecule has 0 amide bonds. The second-order valence-corrected chi connectivity index (χ2v) is 9.36. The van der Waals surface area contributed by atoms with Gasteiger partial charge in [-0.05, 0) is 36.2 Å². The van der Waals surface area contributed by atoms with E-state index >= 15 is 0 Å². The molecule has 3 aromatic carbocycles. The normalized spacial score (nSPS) is 24.1. The lowest BCUT2D eigenvalue weighted by Gasteiger charge is -2.37. The lowest BCUT2D eigenvalue weighted by Crippen LogP contribution is -2.48. The summed E-state index contributed by atoms with van der Waals surface area (Å²) in [6, 6.07) is 20.7. The summed E-state index contributed by atoms with van der Waals surface area (Å²) in [5, 5.41) is 0.556. The van der Waals surface area contributed by atoms with E-state index in [1.165, 1.54) is 0 Å². The molecule has 0 N–H and O–H groups in total. The Morgan fingerprint density at radius 1 is 0.879 bits per heavy atom. The zero-order valence-electron chi connectivity index (χ0n) is 17.9. The van der Waals surface area contributed by atoms with Crippen LogP contribution >= 0.6 is 11.6 Å². The van der Waals surface area contributed by atoms with Crippen LogP contribution in [0.2, 0.25) is 5.02 Å². The van der Waals surface area contributed by atoms with Gasteiger partial charge in [0.25, 0.3) is 0 Å². The molecule has 1 aliphatic carbocycles. The van der Waals surface area contributed by atoms with Gasteiger partial charge in [0.05, 0.1) is 12.1 Å². The number of anilines is 1. The lowest BCUT2D eigenvalue weighted by atomic mass is 9.64. The van der Waals surface area contributed by atoms with Gasteiger partial charge in [-0.1, -0.05) is 78.4 Å². The Labute approximate surface area is 196 Å². The number of hydrogen-bond acceptors (Lipinski definition) is 4. The molecule has 0 unspecified atom stereocenters. The molecule has 0 aromatic heterocycles. The van der Waals surface area contributed by atoms with Crippen LogP contribution in [0.15, 0.2) is 78.9 Å². The number of hydrogen-bond donors (Lipinski definition) is 0.